The molecule has 1 aliphatic carbocycles. The lowest BCUT2D eigenvalue weighted by molar-refractivity contribution is -0.150. The molecule has 1 aromatic heterocycles. The molecule has 0 saturated carbocycles. The van der Waals surface area contributed by atoms with Gasteiger partial charge in [0.2, 0.25) is 6.41 Å². The SMILES string of the molecule is NC(=O)OCC1=C(C(=O)O)N2C(=O)C(NC(=O)C(=NOC3C=CCCC3)c3csc(NC=O)n3)[C@@H]2SC1. The van der Waals surface area contributed by atoms with Crippen LogP contribution in [-0.4, -0.2) is 80.9 Å². The third-order valence-corrected chi connectivity index (χ3v) is 7.67. The second-order valence-corrected chi connectivity index (χ2v) is 9.93. The first kappa shape index (κ1) is 26.2. The molecule has 0 radical (unpaired) electrons. The van der Waals surface area contributed by atoms with Crippen LogP contribution in [0.5, 0.6) is 0 Å². The third-order valence-electron chi connectivity index (χ3n) is 5.56. The molecule has 2 aliphatic heterocycles. The molecule has 0 spiro atoms. The fourth-order valence-corrected chi connectivity index (χ4v) is 5.84. The zero-order valence-electron chi connectivity index (χ0n) is 19.1. The van der Waals surface area contributed by atoms with Crippen molar-refractivity contribution < 1.29 is 38.7 Å². The number of aromatic nitrogens is 1. The second-order valence-electron chi connectivity index (χ2n) is 7.97. The lowest BCUT2D eigenvalue weighted by atomic mass is 10.0. The van der Waals surface area contributed by atoms with Crippen LogP contribution in [0.25, 0.3) is 0 Å². The van der Waals surface area contributed by atoms with E-state index in [0.717, 1.165) is 29.1 Å². The topological polar surface area (TPSA) is 203 Å². The molecular weight excluding hydrogens is 528 g/mol. The molecule has 1 aromatic rings. The number of nitrogens with one attached hydrogen (secondary N) is 2. The molecule has 3 aliphatic rings. The maximum Gasteiger partial charge on any atom is 0.404 e. The zero-order chi connectivity index (χ0) is 26.5. The van der Waals surface area contributed by atoms with Crippen LogP contribution in [0, 0.1) is 0 Å². The van der Waals surface area contributed by atoms with Gasteiger partial charge in [-0.05, 0) is 25.3 Å². The number of ether oxygens (including phenoxy) is 1. The number of carboxylic acids is 1. The van der Waals surface area contributed by atoms with Gasteiger partial charge in [0, 0.05) is 16.7 Å². The van der Waals surface area contributed by atoms with E-state index in [9.17, 15) is 29.1 Å². The number of hydrogen-bond donors (Lipinski definition) is 4. The van der Waals surface area contributed by atoms with Crippen molar-refractivity contribution >= 4 is 64.2 Å². The Labute approximate surface area is 217 Å². The van der Waals surface area contributed by atoms with Crippen molar-refractivity contribution in [1.29, 1.82) is 0 Å². The number of carbonyl (C=O) groups is 5. The van der Waals surface area contributed by atoms with E-state index in [4.69, 9.17) is 15.3 Å². The summed E-state index contributed by atoms with van der Waals surface area (Å²) in [7, 11) is 0. The smallest absolute Gasteiger partial charge is 0.404 e. The molecule has 14 nitrogen and oxygen atoms in total. The Kier molecular flexibility index (Phi) is 8.08. The number of carboxylic acid groups (broad SMARTS) is 1. The number of amides is 4. The van der Waals surface area contributed by atoms with Gasteiger partial charge in [-0.25, -0.2) is 14.6 Å². The molecule has 5 N–H and O–H groups in total. The van der Waals surface area contributed by atoms with Gasteiger partial charge >= 0.3 is 12.1 Å². The molecule has 4 amide bonds. The average Bonchev–Trinajstić information content (AvgIpc) is 3.34. The van der Waals surface area contributed by atoms with Crippen molar-refractivity contribution in [3.8, 4) is 0 Å². The summed E-state index contributed by atoms with van der Waals surface area (Å²) in [5.74, 6) is -2.65. The number of aliphatic carboxylic acids is 1. The van der Waals surface area contributed by atoms with Crippen molar-refractivity contribution in [3.63, 3.8) is 0 Å². The van der Waals surface area contributed by atoms with E-state index < -0.39 is 35.3 Å². The van der Waals surface area contributed by atoms with E-state index in [2.05, 4.69) is 20.8 Å². The van der Waals surface area contributed by atoms with Crippen LogP contribution in [-0.2, 0) is 28.8 Å². The molecule has 37 heavy (non-hydrogen) atoms. The summed E-state index contributed by atoms with van der Waals surface area (Å²) in [5, 5.41) is 19.7. The van der Waals surface area contributed by atoms with E-state index in [1.165, 1.54) is 17.1 Å². The van der Waals surface area contributed by atoms with Gasteiger partial charge < -0.3 is 31.0 Å². The maximum atomic E-state index is 13.2. The number of anilines is 1. The van der Waals surface area contributed by atoms with Crippen LogP contribution in [0.15, 0.2) is 34.0 Å². The molecule has 2 unspecified atom stereocenters. The number of primary amides is 1. The van der Waals surface area contributed by atoms with Gasteiger partial charge in [0.15, 0.2) is 10.8 Å². The molecule has 196 valence electrons. The number of rotatable bonds is 10. The number of nitrogens with two attached hydrogens (primary N) is 1. The molecule has 16 heteroatoms. The minimum absolute atomic E-state index is 0.128. The Morgan fingerprint density at radius 2 is 2.19 bits per heavy atom. The number of β-lactam (4-membered cyclic amide) rings is 1. The monoisotopic (exact) mass is 550 g/mol. The first-order valence-electron chi connectivity index (χ1n) is 11.0. The van der Waals surface area contributed by atoms with Gasteiger partial charge in [-0.1, -0.05) is 11.2 Å². The number of fused-ring (bicyclic) bond motifs is 1. The number of allylic oxidation sites excluding steroid dienone is 1. The largest absolute Gasteiger partial charge is 0.477 e. The van der Waals surface area contributed by atoms with Gasteiger partial charge in [-0.15, -0.1) is 23.1 Å². The van der Waals surface area contributed by atoms with Crippen LogP contribution in [0.4, 0.5) is 9.93 Å². The molecule has 3 heterocycles. The third kappa shape index (κ3) is 5.75. The molecule has 0 aromatic carbocycles. The van der Waals surface area contributed by atoms with E-state index in [1.807, 2.05) is 12.2 Å². The van der Waals surface area contributed by atoms with Crippen LogP contribution in [0.2, 0.25) is 0 Å². The Balaban J connectivity index is 1.52. The summed E-state index contributed by atoms with van der Waals surface area (Å²) in [6.45, 7) is -0.373. The second kappa shape index (κ2) is 11.4. The molecule has 1 saturated heterocycles. The number of nitrogens with zero attached hydrogens (tertiary/aromatic N) is 3. The lowest BCUT2D eigenvalue weighted by Gasteiger charge is -2.49. The number of hydrogen-bond acceptors (Lipinski definition) is 11. The Morgan fingerprint density at radius 1 is 1.38 bits per heavy atom. The summed E-state index contributed by atoms with van der Waals surface area (Å²) in [6, 6.07) is -1.04. The van der Waals surface area contributed by atoms with Gasteiger partial charge in [0.1, 0.15) is 35.5 Å². The number of thioether (sulfide) groups is 1. The highest BCUT2D eigenvalue weighted by Gasteiger charge is 2.54. The standard InChI is InChI=1S/C21H22N6O8S2/c22-20(33)34-6-10-7-36-18-14(17(30)27(18)15(10)19(31)32)25-16(29)13(12-8-37-21(24-12)23-9-28)26-35-11-4-2-1-3-5-11/h2,4,8-9,11,14,18H,1,3,5-7H2,(H2,22,33)(H,25,29)(H,31,32)(H,23,24,28)/t11?,14?,18-/m0/s1. The first-order chi connectivity index (χ1) is 17.8. The van der Waals surface area contributed by atoms with E-state index >= 15 is 0 Å². The quantitative estimate of drug-likeness (QED) is 0.104. The highest BCUT2D eigenvalue weighted by Crippen LogP contribution is 2.40. The fourth-order valence-electron chi connectivity index (χ4n) is 3.86. The summed E-state index contributed by atoms with van der Waals surface area (Å²) in [4.78, 5) is 70.4. The highest BCUT2D eigenvalue weighted by molar-refractivity contribution is 8.00. The molecule has 3 atom stereocenters. The minimum Gasteiger partial charge on any atom is -0.477 e. The molecular formula is C21H22N6O8S2. The van der Waals surface area contributed by atoms with Crippen molar-refractivity contribution in [2.75, 3.05) is 17.7 Å². The lowest BCUT2D eigenvalue weighted by Crippen LogP contribution is -2.71. The maximum absolute atomic E-state index is 13.2. The highest BCUT2D eigenvalue weighted by atomic mass is 32.2. The van der Waals surface area contributed by atoms with Crippen molar-refractivity contribution in [2.24, 2.45) is 10.9 Å². The number of thiazole rings is 1. The van der Waals surface area contributed by atoms with Crippen LogP contribution in [0.1, 0.15) is 25.0 Å². The molecule has 4 rings (SSSR count). The van der Waals surface area contributed by atoms with Crippen molar-refractivity contribution in [3.05, 3.63) is 34.5 Å². The Hall–Kier alpha value is -3.92. The van der Waals surface area contributed by atoms with Gasteiger partial charge in [-0.2, -0.15) is 0 Å². The molecule has 1 fully saturated rings. The molecule has 0 bridgehead atoms. The van der Waals surface area contributed by atoms with Crippen molar-refractivity contribution in [1.82, 2.24) is 15.2 Å². The van der Waals surface area contributed by atoms with Crippen LogP contribution >= 0.6 is 23.1 Å². The summed E-state index contributed by atoms with van der Waals surface area (Å²) >= 11 is 2.27. The first-order valence-corrected chi connectivity index (χ1v) is 12.9. The fraction of sp³-hybridized carbons (Fsp3) is 0.381. The summed E-state index contributed by atoms with van der Waals surface area (Å²) in [5.41, 5.74) is 4.78. The van der Waals surface area contributed by atoms with Gasteiger partial charge in [0.05, 0.1) is 0 Å². The van der Waals surface area contributed by atoms with Gasteiger partial charge in [-0.3, -0.25) is 19.3 Å². The predicted octanol–water partition coefficient (Wildman–Crippen LogP) is 0.375. The predicted molar refractivity (Wildman–Crippen MR) is 131 cm³/mol. The van der Waals surface area contributed by atoms with Gasteiger partial charge in [0.25, 0.3) is 11.8 Å². The van der Waals surface area contributed by atoms with E-state index in [1.54, 1.807) is 0 Å². The summed E-state index contributed by atoms with van der Waals surface area (Å²) in [6.07, 6.45) is 5.38. The average molecular weight is 551 g/mol. The van der Waals surface area contributed by atoms with E-state index in [-0.39, 0.29) is 46.3 Å². The normalized spacial score (nSPS) is 23.0. The van der Waals surface area contributed by atoms with Crippen LogP contribution in [0.3, 0.4) is 0 Å². The van der Waals surface area contributed by atoms with E-state index in [0.29, 0.717) is 12.8 Å². The minimum atomic E-state index is -1.37. The summed E-state index contributed by atoms with van der Waals surface area (Å²) < 4.78 is 4.70. The zero-order valence-corrected chi connectivity index (χ0v) is 20.8. The van der Waals surface area contributed by atoms with Crippen LogP contribution < -0.4 is 16.4 Å². The van der Waals surface area contributed by atoms with Crippen molar-refractivity contribution in [2.45, 2.75) is 36.8 Å². The Bertz CT molecular complexity index is 1210. The Morgan fingerprint density at radius 3 is 2.86 bits per heavy atom. The number of carbonyl (C=O) groups excluding carboxylic acids is 4. The number of oxime groups is 1.